The van der Waals surface area contributed by atoms with Crippen molar-refractivity contribution in [3.63, 3.8) is 0 Å². The fourth-order valence-corrected chi connectivity index (χ4v) is 2.54. The number of nitrogens with zero attached hydrogens (tertiary/aromatic N) is 1. The number of anilines is 1. The Balaban J connectivity index is 2.31. The van der Waals surface area contributed by atoms with E-state index in [0.717, 1.165) is 21.8 Å². The lowest BCUT2D eigenvalue weighted by Crippen LogP contribution is -2.22. The summed E-state index contributed by atoms with van der Waals surface area (Å²) in [5.41, 5.74) is 2.99. The van der Waals surface area contributed by atoms with Gasteiger partial charge in [-0.1, -0.05) is 29.8 Å². The van der Waals surface area contributed by atoms with Gasteiger partial charge in [0.05, 0.1) is 0 Å². The first-order valence-electron chi connectivity index (χ1n) is 6.94. The fraction of sp³-hybridized carbons (Fsp3) is 0.294. The van der Waals surface area contributed by atoms with Crippen LogP contribution >= 0.6 is 11.6 Å². The maximum atomic E-state index is 13.5. The van der Waals surface area contributed by atoms with Crippen LogP contribution in [0.1, 0.15) is 24.1 Å². The highest BCUT2D eigenvalue weighted by Crippen LogP contribution is 2.28. The molecule has 2 aromatic carbocycles. The maximum absolute atomic E-state index is 13.5. The minimum Gasteiger partial charge on any atom is -0.370 e. The van der Waals surface area contributed by atoms with Crippen LogP contribution in [0.3, 0.4) is 0 Å². The van der Waals surface area contributed by atoms with E-state index >= 15 is 0 Å². The van der Waals surface area contributed by atoms with Crippen LogP contribution in [0, 0.1) is 5.82 Å². The molecule has 2 rings (SSSR count). The van der Waals surface area contributed by atoms with Gasteiger partial charge in [-0.15, -0.1) is 0 Å². The Bertz CT molecular complexity index is 615. The van der Waals surface area contributed by atoms with Crippen LogP contribution in [0.4, 0.5) is 10.1 Å². The van der Waals surface area contributed by atoms with Crippen LogP contribution < -0.4 is 10.2 Å². The molecule has 0 saturated carbocycles. The van der Waals surface area contributed by atoms with Crippen molar-refractivity contribution in [3.05, 3.63) is 64.4 Å². The van der Waals surface area contributed by atoms with Gasteiger partial charge in [0, 0.05) is 30.3 Å². The van der Waals surface area contributed by atoms with Crippen LogP contribution in [0.5, 0.6) is 0 Å². The van der Waals surface area contributed by atoms with Gasteiger partial charge in [-0.3, -0.25) is 0 Å². The molecule has 0 heterocycles. The summed E-state index contributed by atoms with van der Waals surface area (Å²) in [5, 5.41) is 3.90. The summed E-state index contributed by atoms with van der Waals surface area (Å²) in [6.45, 7) is 2.69. The normalized spacial score (nSPS) is 12.2. The summed E-state index contributed by atoms with van der Waals surface area (Å²) in [6, 6.07) is 12.7. The quantitative estimate of drug-likeness (QED) is 0.881. The Morgan fingerprint density at radius 1 is 1.24 bits per heavy atom. The molecule has 0 bridgehead atoms. The predicted octanol–water partition coefficient (Wildman–Crippen LogP) is 4.40. The molecule has 4 heteroatoms. The molecular weight excluding hydrogens is 287 g/mol. The molecule has 0 radical (unpaired) electrons. The van der Waals surface area contributed by atoms with Crippen molar-refractivity contribution in [1.29, 1.82) is 0 Å². The molecule has 0 aliphatic rings. The van der Waals surface area contributed by atoms with Gasteiger partial charge in [0.1, 0.15) is 5.82 Å². The van der Waals surface area contributed by atoms with E-state index < -0.39 is 0 Å². The van der Waals surface area contributed by atoms with Crippen molar-refractivity contribution in [2.45, 2.75) is 19.5 Å². The second-order valence-corrected chi connectivity index (χ2v) is 5.57. The molecule has 1 atom stereocenters. The van der Waals surface area contributed by atoms with Crippen LogP contribution in [0.25, 0.3) is 0 Å². The molecule has 0 saturated heterocycles. The highest BCUT2D eigenvalue weighted by Gasteiger charge is 2.14. The molecular formula is C17H20ClFN2. The minimum absolute atomic E-state index is 0.0735. The van der Waals surface area contributed by atoms with Crippen LogP contribution in [0.15, 0.2) is 42.5 Å². The van der Waals surface area contributed by atoms with Gasteiger partial charge in [-0.05, 0) is 49.4 Å². The van der Waals surface area contributed by atoms with E-state index in [9.17, 15) is 4.39 Å². The number of nitrogens with one attached hydrogen (secondary N) is 1. The second kappa shape index (κ2) is 6.92. The second-order valence-electron chi connectivity index (χ2n) is 5.16. The Morgan fingerprint density at radius 2 is 1.95 bits per heavy atom. The van der Waals surface area contributed by atoms with Gasteiger partial charge in [-0.25, -0.2) is 4.39 Å². The molecule has 21 heavy (non-hydrogen) atoms. The largest absolute Gasteiger partial charge is 0.370 e. The highest BCUT2D eigenvalue weighted by atomic mass is 35.5. The average molecular weight is 307 g/mol. The van der Waals surface area contributed by atoms with Crippen molar-refractivity contribution in [2.24, 2.45) is 0 Å². The smallest absolute Gasteiger partial charge is 0.123 e. The van der Waals surface area contributed by atoms with E-state index in [0.29, 0.717) is 6.54 Å². The van der Waals surface area contributed by atoms with Gasteiger partial charge in [-0.2, -0.15) is 0 Å². The van der Waals surface area contributed by atoms with Crippen molar-refractivity contribution < 1.29 is 4.39 Å². The molecule has 0 amide bonds. The third-order valence-electron chi connectivity index (χ3n) is 3.67. The zero-order valence-electron chi connectivity index (χ0n) is 12.5. The van der Waals surface area contributed by atoms with Crippen LogP contribution in [-0.2, 0) is 6.54 Å². The Morgan fingerprint density at radius 3 is 2.62 bits per heavy atom. The Hall–Kier alpha value is -1.58. The van der Waals surface area contributed by atoms with Gasteiger partial charge in [0.2, 0.25) is 0 Å². The molecule has 0 aromatic heterocycles. The van der Waals surface area contributed by atoms with Crippen molar-refractivity contribution in [1.82, 2.24) is 5.32 Å². The van der Waals surface area contributed by atoms with Gasteiger partial charge in [0.25, 0.3) is 0 Å². The molecule has 2 aromatic rings. The fourth-order valence-electron chi connectivity index (χ4n) is 2.34. The monoisotopic (exact) mass is 306 g/mol. The third-order valence-corrected chi connectivity index (χ3v) is 4.03. The minimum atomic E-state index is -0.220. The van der Waals surface area contributed by atoms with Crippen molar-refractivity contribution in [3.8, 4) is 0 Å². The van der Waals surface area contributed by atoms with E-state index in [-0.39, 0.29) is 11.9 Å². The van der Waals surface area contributed by atoms with E-state index in [1.54, 1.807) is 6.07 Å². The van der Waals surface area contributed by atoms with E-state index in [2.05, 4.69) is 10.2 Å². The lowest BCUT2D eigenvalue weighted by molar-refractivity contribution is 0.607. The topological polar surface area (TPSA) is 15.3 Å². The molecule has 112 valence electrons. The molecule has 1 unspecified atom stereocenters. The maximum Gasteiger partial charge on any atom is 0.123 e. The summed E-state index contributed by atoms with van der Waals surface area (Å²) in [5.74, 6) is -0.220. The van der Waals surface area contributed by atoms with E-state index in [4.69, 9.17) is 11.6 Å². The van der Waals surface area contributed by atoms with Gasteiger partial charge in [0.15, 0.2) is 0 Å². The Kier molecular flexibility index (Phi) is 5.21. The molecule has 0 aliphatic heterocycles. The lowest BCUT2D eigenvalue weighted by atomic mass is 10.0. The number of rotatable bonds is 5. The summed E-state index contributed by atoms with van der Waals surface area (Å²) in [4.78, 5) is 2.09. The molecule has 0 aliphatic carbocycles. The van der Waals surface area contributed by atoms with E-state index in [1.165, 1.54) is 6.07 Å². The molecule has 1 N–H and O–H groups in total. The third kappa shape index (κ3) is 3.74. The number of halogens is 2. The van der Waals surface area contributed by atoms with Gasteiger partial charge >= 0.3 is 0 Å². The number of hydrogen-bond donors (Lipinski definition) is 1. The standard InChI is InChI=1S/C17H20ClFN2/c1-12(20-2)15-10-14(19)8-9-17(15)21(3)11-13-6-4-5-7-16(13)18/h4-10,12,20H,11H2,1-3H3. The molecule has 2 nitrogen and oxygen atoms in total. The van der Waals surface area contributed by atoms with E-state index in [1.807, 2.05) is 51.4 Å². The first-order chi connectivity index (χ1) is 10.0. The summed E-state index contributed by atoms with van der Waals surface area (Å²) < 4.78 is 13.5. The van der Waals surface area contributed by atoms with Crippen molar-refractivity contribution >= 4 is 17.3 Å². The molecule has 0 spiro atoms. The zero-order valence-corrected chi connectivity index (χ0v) is 13.3. The summed E-state index contributed by atoms with van der Waals surface area (Å²) >= 11 is 6.21. The Labute approximate surface area is 130 Å². The van der Waals surface area contributed by atoms with Crippen LogP contribution in [-0.4, -0.2) is 14.1 Å². The summed E-state index contributed by atoms with van der Waals surface area (Å²) in [7, 11) is 3.86. The summed E-state index contributed by atoms with van der Waals surface area (Å²) in [6.07, 6.45) is 0. The lowest BCUT2D eigenvalue weighted by Gasteiger charge is -2.25. The van der Waals surface area contributed by atoms with Gasteiger partial charge < -0.3 is 10.2 Å². The van der Waals surface area contributed by atoms with Crippen LogP contribution in [0.2, 0.25) is 5.02 Å². The first kappa shape index (κ1) is 15.8. The number of hydrogen-bond acceptors (Lipinski definition) is 2. The van der Waals surface area contributed by atoms with Crippen molar-refractivity contribution in [2.75, 3.05) is 19.0 Å². The zero-order chi connectivity index (χ0) is 15.4. The predicted molar refractivity (Wildman–Crippen MR) is 87.4 cm³/mol. The average Bonchev–Trinajstić information content (AvgIpc) is 2.48. The SMILES string of the molecule is CNC(C)c1cc(F)ccc1N(C)Cc1ccccc1Cl. The number of benzene rings is 2. The highest BCUT2D eigenvalue weighted by molar-refractivity contribution is 6.31. The molecule has 0 fully saturated rings. The first-order valence-corrected chi connectivity index (χ1v) is 7.32.